The molecule has 1 unspecified atom stereocenters. The molecule has 1 aliphatic carbocycles. The fourth-order valence-corrected chi connectivity index (χ4v) is 1.65. The lowest BCUT2D eigenvalue weighted by molar-refractivity contribution is 0.0914. The van der Waals surface area contributed by atoms with E-state index in [0.29, 0.717) is 5.92 Å². The van der Waals surface area contributed by atoms with E-state index in [4.69, 9.17) is 0 Å². The molecule has 2 heteroatoms. The molecule has 52 valence electrons. The molecule has 0 amide bonds. The van der Waals surface area contributed by atoms with Crippen molar-refractivity contribution in [2.75, 3.05) is 13.1 Å². The monoisotopic (exact) mass is 127 g/mol. The highest BCUT2D eigenvalue weighted by molar-refractivity contribution is 5.01. The number of hydrogen-bond acceptors (Lipinski definition) is 2. The SMILES string of the molecule is OC1(C2CCNC2)CC1. The van der Waals surface area contributed by atoms with Crippen LogP contribution in [0.1, 0.15) is 19.3 Å². The van der Waals surface area contributed by atoms with E-state index < -0.39 is 0 Å². The molecule has 2 aliphatic rings. The van der Waals surface area contributed by atoms with Gasteiger partial charge in [0, 0.05) is 12.5 Å². The van der Waals surface area contributed by atoms with E-state index in [1.165, 1.54) is 6.42 Å². The summed E-state index contributed by atoms with van der Waals surface area (Å²) in [6.45, 7) is 2.14. The van der Waals surface area contributed by atoms with E-state index in [9.17, 15) is 5.11 Å². The van der Waals surface area contributed by atoms with E-state index in [1.807, 2.05) is 0 Å². The van der Waals surface area contributed by atoms with E-state index in [1.54, 1.807) is 0 Å². The van der Waals surface area contributed by atoms with Crippen LogP contribution in [0.15, 0.2) is 0 Å². The van der Waals surface area contributed by atoms with Crippen LogP contribution < -0.4 is 5.32 Å². The number of hydrogen-bond donors (Lipinski definition) is 2. The van der Waals surface area contributed by atoms with E-state index in [0.717, 1.165) is 25.9 Å². The Morgan fingerprint density at radius 2 is 2.22 bits per heavy atom. The normalized spacial score (nSPS) is 39.0. The maximum absolute atomic E-state index is 9.59. The topological polar surface area (TPSA) is 32.3 Å². The van der Waals surface area contributed by atoms with Gasteiger partial charge >= 0.3 is 0 Å². The van der Waals surface area contributed by atoms with Crippen molar-refractivity contribution < 1.29 is 5.11 Å². The van der Waals surface area contributed by atoms with Crippen molar-refractivity contribution in [3.05, 3.63) is 0 Å². The van der Waals surface area contributed by atoms with Gasteiger partial charge in [-0.15, -0.1) is 0 Å². The van der Waals surface area contributed by atoms with E-state index in [2.05, 4.69) is 5.32 Å². The van der Waals surface area contributed by atoms with Gasteiger partial charge in [0.25, 0.3) is 0 Å². The first-order chi connectivity index (χ1) is 4.31. The van der Waals surface area contributed by atoms with Gasteiger partial charge in [-0.1, -0.05) is 0 Å². The molecule has 0 spiro atoms. The molecular formula is C7H13NO. The van der Waals surface area contributed by atoms with Crippen LogP contribution in [0.4, 0.5) is 0 Å². The third-order valence-corrected chi connectivity index (χ3v) is 2.58. The van der Waals surface area contributed by atoms with Crippen LogP contribution in [-0.2, 0) is 0 Å². The fraction of sp³-hybridized carbons (Fsp3) is 1.00. The summed E-state index contributed by atoms with van der Waals surface area (Å²) >= 11 is 0. The first-order valence-corrected chi connectivity index (χ1v) is 3.74. The molecule has 2 rings (SSSR count). The molecule has 1 saturated carbocycles. The summed E-state index contributed by atoms with van der Waals surface area (Å²) in [6.07, 6.45) is 3.26. The molecule has 9 heavy (non-hydrogen) atoms. The lowest BCUT2D eigenvalue weighted by Gasteiger charge is -2.13. The Kier molecular flexibility index (Phi) is 1.08. The first-order valence-electron chi connectivity index (χ1n) is 3.74. The molecule has 0 aromatic heterocycles. The van der Waals surface area contributed by atoms with Gasteiger partial charge in [0.05, 0.1) is 5.60 Å². The van der Waals surface area contributed by atoms with Gasteiger partial charge in [0.1, 0.15) is 0 Å². The van der Waals surface area contributed by atoms with Crippen molar-refractivity contribution in [3.63, 3.8) is 0 Å². The molecule has 1 atom stereocenters. The molecule has 0 radical (unpaired) electrons. The molecule has 2 N–H and O–H groups in total. The second-order valence-corrected chi connectivity index (χ2v) is 3.29. The minimum absolute atomic E-state index is 0.233. The van der Waals surface area contributed by atoms with Crippen molar-refractivity contribution >= 4 is 0 Å². The summed E-state index contributed by atoms with van der Waals surface area (Å²) in [5.41, 5.74) is -0.233. The molecule has 1 saturated heterocycles. The molecule has 0 aromatic carbocycles. The molecule has 2 nitrogen and oxygen atoms in total. The fourth-order valence-electron chi connectivity index (χ4n) is 1.65. The molecule has 1 heterocycles. The lowest BCUT2D eigenvalue weighted by atomic mass is 10.00. The second-order valence-electron chi connectivity index (χ2n) is 3.29. The van der Waals surface area contributed by atoms with Gasteiger partial charge in [0.2, 0.25) is 0 Å². The average Bonchev–Trinajstić information content (AvgIpc) is 2.46. The number of rotatable bonds is 1. The van der Waals surface area contributed by atoms with Crippen molar-refractivity contribution in [3.8, 4) is 0 Å². The molecule has 2 fully saturated rings. The highest BCUT2D eigenvalue weighted by atomic mass is 16.3. The third-order valence-electron chi connectivity index (χ3n) is 2.58. The summed E-state index contributed by atoms with van der Waals surface area (Å²) in [4.78, 5) is 0. The zero-order chi connectivity index (χ0) is 6.32. The van der Waals surface area contributed by atoms with Crippen LogP contribution >= 0.6 is 0 Å². The van der Waals surface area contributed by atoms with Gasteiger partial charge in [-0.05, 0) is 25.8 Å². The Labute approximate surface area is 55.3 Å². The second kappa shape index (κ2) is 1.70. The van der Waals surface area contributed by atoms with Gasteiger partial charge in [-0.3, -0.25) is 0 Å². The first kappa shape index (κ1) is 5.69. The predicted molar refractivity (Wildman–Crippen MR) is 35.2 cm³/mol. The summed E-state index contributed by atoms with van der Waals surface area (Å²) in [5, 5.41) is 12.8. The smallest absolute Gasteiger partial charge is 0.0690 e. The van der Waals surface area contributed by atoms with Crippen molar-refractivity contribution in [1.29, 1.82) is 0 Å². The molecule has 0 bridgehead atoms. The predicted octanol–water partition coefficient (Wildman–Crippen LogP) is 0.121. The summed E-state index contributed by atoms with van der Waals surface area (Å²) in [5.74, 6) is 0.567. The zero-order valence-corrected chi connectivity index (χ0v) is 5.56. The van der Waals surface area contributed by atoms with Crippen LogP contribution in [0.3, 0.4) is 0 Å². The van der Waals surface area contributed by atoms with Crippen molar-refractivity contribution in [2.24, 2.45) is 5.92 Å². The van der Waals surface area contributed by atoms with E-state index in [-0.39, 0.29) is 5.60 Å². The number of aliphatic hydroxyl groups is 1. The van der Waals surface area contributed by atoms with Crippen LogP contribution in [0, 0.1) is 5.92 Å². The maximum atomic E-state index is 9.59. The Morgan fingerprint density at radius 1 is 1.44 bits per heavy atom. The largest absolute Gasteiger partial charge is 0.390 e. The average molecular weight is 127 g/mol. The molecule has 1 aliphatic heterocycles. The lowest BCUT2D eigenvalue weighted by Crippen LogP contribution is -2.23. The zero-order valence-electron chi connectivity index (χ0n) is 5.56. The Bertz CT molecular complexity index is 114. The highest BCUT2D eigenvalue weighted by Crippen LogP contribution is 2.44. The van der Waals surface area contributed by atoms with Crippen LogP contribution in [-0.4, -0.2) is 23.8 Å². The maximum Gasteiger partial charge on any atom is 0.0690 e. The molecular weight excluding hydrogens is 114 g/mol. The Balaban J connectivity index is 1.97. The van der Waals surface area contributed by atoms with Crippen LogP contribution in [0.2, 0.25) is 0 Å². The molecule has 0 aromatic rings. The summed E-state index contributed by atoms with van der Waals surface area (Å²) in [6, 6.07) is 0. The van der Waals surface area contributed by atoms with Gasteiger partial charge in [0.15, 0.2) is 0 Å². The van der Waals surface area contributed by atoms with Gasteiger partial charge in [-0.25, -0.2) is 0 Å². The Hall–Kier alpha value is -0.0800. The third kappa shape index (κ3) is 0.864. The number of nitrogens with one attached hydrogen (secondary N) is 1. The standard InChI is InChI=1S/C7H13NO/c9-7(2-3-7)6-1-4-8-5-6/h6,8-9H,1-5H2. The Morgan fingerprint density at radius 3 is 2.67 bits per heavy atom. The minimum atomic E-state index is -0.233. The highest BCUT2D eigenvalue weighted by Gasteiger charge is 2.48. The van der Waals surface area contributed by atoms with E-state index >= 15 is 0 Å². The van der Waals surface area contributed by atoms with Crippen molar-refractivity contribution in [1.82, 2.24) is 5.32 Å². The minimum Gasteiger partial charge on any atom is -0.390 e. The van der Waals surface area contributed by atoms with Crippen LogP contribution in [0.25, 0.3) is 0 Å². The van der Waals surface area contributed by atoms with Crippen LogP contribution in [0.5, 0.6) is 0 Å². The van der Waals surface area contributed by atoms with Crippen molar-refractivity contribution in [2.45, 2.75) is 24.9 Å². The quantitative estimate of drug-likeness (QED) is 0.524. The van der Waals surface area contributed by atoms with Gasteiger partial charge < -0.3 is 10.4 Å². The summed E-state index contributed by atoms with van der Waals surface area (Å²) in [7, 11) is 0. The summed E-state index contributed by atoms with van der Waals surface area (Å²) < 4.78 is 0. The van der Waals surface area contributed by atoms with Gasteiger partial charge in [-0.2, -0.15) is 0 Å².